The first-order valence-electron chi connectivity index (χ1n) is 5.00. The van der Waals surface area contributed by atoms with Gasteiger partial charge in [0.1, 0.15) is 0 Å². The number of methoxy groups -OCH3 is 1. The maximum absolute atomic E-state index is 11.6. The fraction of sp³-hybridized carbons (Fsp3) is 0.400. The zero-order valence-corrected chi connectivity index (χ0v) is 10.1. The summed E-state index contributed by atoms with van der Waals surface area (Å²) in [4.78, 5) is 32.1. The van der Waals surface area contributed by atoms with Crippen LogP contribution in [0.5, 0.6) is 0 Å². The van der Waals surface area contributed by atoms with Crippen LogP contribution in [0.2, 0.25) is 0 Å². The average molecular weight is 253 g/mol. The third-order valence-corrected chi connectivity index (χ3v) is 2.75. The van der Waals surface area contributed by atoms with Gasteiger partial charge in [-0.3, -0.25) is 9.69 Å². The zero-order valence-electron chi connectivity index (χ0n) is 9.16. The van der Waals surface area contributed by atoms with Crippen molar-refractivity contribution in [1.82, 2.24) is 9.97 Å². The van der Waals surface area contributed by atoms with Crippen LogP contribution in [0.3, 0.4) is 0 Å². The number of thiol groups is 1. The molecule has 1 amide bonds. The lowest BCUT2D eigenvalue weighted by atomic mass is 10.3. The number of ether oxygens (including phenoxy) is 1. The summed E-state index contributed by atoms with van der Waals surface area (Å²) in [6, 6.07) is 0. The Morgan fingerprint density at radius 1 is 1.53 bits per heavy atom. The molecule has 90 valence electrons. The Morgan fingerprint density at radius 3 is 2.65 bits per heavy atom. The first kappa shape index (κ1) is 11.8. The van der Waals surface area contributed by atoms with E-state index in [1.807, 2.05) is 0 Å². The van der Waals surface area contributed by atoms with E-state index < -0.39 is 5.97 Å². The molecule has 1 atom stereocenters. The van der Waals surface area contributed by atoms with E-state index in [9.17, 15) is 9.59 Å². The molecule has 0 N–H and O–H groups in total. The van der Waals surface area contributed by atoms with E-state index in [2.05, 4.69) is 27.3 Å². The topological polar surface area (TPSA) is 72.4 Å². The van der Waals surface area contributed by atoms with Crippen LogP contribution >= 0.6 is 12.6 Å². The number of hydrogen-bond donors (Lipinski definition) is 1. The number of hydrogen-bond acceptors (Lipinski definition) is 6. The van der Waals surface area contributed by atoms with Crippen molar-refractivity contribution in [2.45, 2.75) is 11.7 Å². The second kappa shape index (κ2) is 4.70. The normalized spacial score (nSPS) is 19.5. The number of rotatable bonds is 2. The number of anilines is 1. The number of nitrogens with zero attached hydrogens (tertiary/aromatic N) is 3. The van der Waals surface area contributed by atoms with Crippen LogP contribution < -0.4 is 4.90 Å². The molecule has 0 bridgehead atoms. The predicted octanol–water partition coefficient (Wildman–Crippen LogP) is 0.298. The third kappa shape index (κ3) is 2.38. The lowest BCUT2D eigenvalue weighted by Crippen LogP contribution is -2.26. The van der Waals surface area contributed by atoms with Gasteiger partial charge in [-0.1, -0.05) is 0 Å². The molecule has 7 heteroatoms. The molecule has 1 aromatic heterocycles. The Bertz CT molecular complexity index is 449. The van der Waals surface area contributed by atoms with Crippen LogP contribution in [0.4, 0.5) is 5.95 Å². The summed E-state index contributed by atoms with van der Waals surface area (Å²) in [5, 5.41) is 0.00591. The van der Waals surface area contributed by atoms with Crippen molar-refractivity contribution >= 4 is 30.5 Å². The summed E-state index contributed by atoms with van der Waals surface area (Å²) in [6.45, 7) is 0.486. The van der Waals surface area contributed by atoms with E-state index in [0.29, 0.717) is 18.9 Å². The summed E-state index contributed by atoms with van der Waals surface area (Å²) in [7, 11) is 1.28. The second-order valence-electron chi connectivity index (χ2n) is 3.63. The fourth-order valence-electron chi connectivity index (χ4n) is 1.57. The molecular formula is C10H11N3O3S. The maximum atomic E-state index is 11.6. The molecule has 1 fully saturated rings. The van der Waals surface area contributed by atoms with Crippen LogP contribution in [0.25, 0.3) is 0 Å². The molecule has 0 saturated carbocycles. The molecule has 0 aromatic carbocycles. The molecule has 1 unspecified atom stereocenters. The van der Waals surface area contributed by atoms with E-state index in [1.54, 1.807) is 0 Å². The van der Waals surface area contributed by atoms with Crippen molar-refractivity contribution in [1.29, 1.82) is 0 Å². The van der Waals surface area contributed by atoms with Crippen LogP contribution in [-0.2, 0) is 9.53 Å². The number of carbonyl (C=O) groups excluding carboxylic acids is 2. The minimum absolute atomic E-state index is 0.00591. The van der Waals surface area contributed by atoms with Gasteiger partial charge in [-0.15, -0.1) is 0 Å². The molecule has 17 heavy (non-hydrogen) atoms. The minimum atomic E-state index is -0.503. The highest BCUT2D eigenvalue weighted by molar-refractivity contribution is 7.81. The highest BCUT2D eigenvalue weighted by atomic mass is 32.1. The van der Waals surface area contributed by atoms with Gasteiger partial charge in [-0.2, -0.15) is 12.6 Å². The van der Waals surface area contributed by atoms with Crippen molar-refractivity contribution in [2.75, 3.05) is 18.6 Å². The van der Waals surface area contributed by atoms with Crippen molar-refractivity contribution in [2.24, 2.45) is 0 Å². The van der Waals surface area contributed by atoms with Gasteiger partial charge in [0.15, 0.2) is 0 Å². The Labute approximate surface area is 103 Å². The summed E-state index contributed by atoms with van der Waals surface area (Å²) < 4.78 is 4.53. The fourth-order valence-corrected chi connectivity index (χ4v) is 1.89. The molecule has 6 nitrogen and oxygen atoms in total. The Morgan fingerprint density at radius 2 is 2.18 bits per heavy atom. The molecule has 2 rings (SSSR count). The minimum Gasteiger partial charge on any atom is -0.465 e. The van der Waals surface area contributed by atoms with E-state index in [-0.39, 0.29) is 16.7 Å². The van der Waals surface area contributed by atoms with Gasteiger partial charge in [-0.05, 0) is 0 Å². The van der Waals surface area contributed by atoms with Crippen LogP contribution in [0.1, 0.15) is 16.8 Å². The summed E-state index contributed by atoms with van der Waals surface area (Å²) >= 11 is 4.24. The lowest BCUT2D eigenvalue weighted by molar-refractivity contribution is -0.117. The first-order valence-corrected chi connectivity index (χ1v) is 5.52. The number of aromatic nitrogens is 2. The van der Waals surface area contributed by atoms with E-state index in [1.165, 1.54) is 24.4 Å². The highest BCUT2D eigenvalue weighted by Gasteiger charge is 2.30. The van der Waals surface area contributed by atoms with Gasteiger partial charge in [0.2, 0.25) is 11.9 Å². The monoisotopic (exact) mass is 253 g/mol. The molecule has 1 aliphatic heterocycles. The third-order valence-electron chi connectivity index (χ3n) is 2.41. The number of amides is 1. The molecule has 2 heterocycles. The van der Waals surface area contributed by atoms with Crippen LogP contribution in [0.15, 0.2) is 12.4 Å². The molecule has 0 radical (unpaired) electrons. The van der Waals surface area contributed by atoms with Gasteiger partial charge in [0.25, 0.3) is 0 Å². The summed E-state index contributed by atoms with van der Waals surface area (Å²) in [5.74, 6) is -0.272. The number of esters is 1. The van der Waals surface area contributed by atoms with E-state index in [0.717, 1.165) is 0 Å². The molecule has 1 saturated heterocycles. The molecule has 0 aliphatic carbocycles. The van der Waals surface area contributed by atoms with Gasteiger partial charge < -0.3 is 4.74 Å². The molecule has 1 aliphatic rings. The second-order valence-corrected chi connectivity index (χ2v) is 4.36. The SMILES string of the molecule is COC(=O)c1cnc(N2CC(S)CC2=O)nc1. The molecule has 0 spiro atoms. The summed E-state index contributed by atoms with van der Waals surface area (Å²) in [5.41, 5.74) is 0.255. The largest absolute Gasteiger partial charge is 0.465 e. The lowest BCUT2D eigenvalue weighted by Gasteiger charge is -2.13. The van der Waals surface area contributed by atoms with Crippen molar-refractivity contribution in [3.05, 3.63) is 18.0 Å². The Kier molecular flexibility index (Phi) is 3.28. The van der Waals surface area contributed by atoms with E-state index in [4.69, 9.17) is 0 Å². The van der Waals surface area contributed by atoms with Gasteiger partial charge >= 0.3 is 5.97 Å². The van der Waals surface area contributed by atoms with Gasteiger partial charge in [0.05, 0.1) is 12.7 Å². The summed E-state index contributed by atoms with van der Waals surface area (Å²) in [6.07, 6.45) is 3.06. The number of carbonyl (C=O) groups is 2. The highest BCUT2D eigenvalue weighted by Crippen LogP contribution is 2.20. The predicted molar refractivity (Wildman–Crippen MR) is 63.1 cm³/mol. The zero-order chi connectivity index (χ0) is 12.4. The maximum Gasteiger partial charge on any atom is 0.341 e. The quantitative estimate of drug-likeness (QED) is 0.606. The van der Waals surface area contributed by atoms with Crippen LogP contribution in [-0.4, -0.2) is 40.7 Å². The van der Waals surface area contributed by atoms with Crippen molar-refractivity contribution in [3.63, 3.8) is 0 Å². The van der Waals surface area contributed by atoms with E-state index >= 15 is 0 Å². The Hall–Kier alpha value is -1.63. The van der Waals surface area contributed by atoms with Gasteiger partial charge in [0, 0.05) is 30.6 Å². The van der Waals surface area contributed by atoms with Crippen molar-refractivity contribution in [3.8, 4) is 0 Å². The van der Waals surface area contributed by atoms with Crippen LogP contribution in [0, 0.1) is 0 Å². The smallest absolute Gasteiger partial charge is 0.341 e. The van der Waals surface area contributed by atoms with Gasteiger partial charge in [-0.25, -0.2) is 14.8 Å². The Balaban J connectivity index is 2.18. The van der Waals surface area contributed by atoms with Crippen molar-refractivity contribution < 1.29 is 14.3 Å². The standard InChI is InChI=1S/C10H11N3O3S/c1-16-9(15)6-3-11-10(12-4-6)13-5-7(17)2-8(13)14/h3-4,7,17H,2,5H2,1H3. The molecular weight excluding hydrogens is 242 g/mol. The average Bonchev–Trinajstić information content (AvgIpc) is 2.68. The first-order chi connectivity index (χ1) is 8.11. The molecule has 1 aromatic rings.